The van der Waals surface area contributed by atoms with Crippen LogP contribution in [-0.2, 0) is 6.42 Å². The van der Waals surface area contributed by atoms with Gasteiger partial charge in [0.2, 0.25) is 0 Å². The fraction of sp³-hybridized carbons (Fsp3) is 0.241. The number of halogens is 2. The number of rotatable bonds is 8. The number of ether oxygens (including phenoxy) is 1. The van der Waals surface area contributed by atoms with Gasteiger partial charge in [0.25, 0.3) is 0 Å². The highest BCUT2D eigenvalue weighted by Gasteiger charge is 2.13. The molecule has 0 atom stereocenters. The monoisotopic (exact) mass is 430 g/mol. The fourth-order valence-electron chi connectivity index (χ4n) is 4.16. The Labute approximate surface area is 188 Å². The van der Waals surface area contributed by atoms with E-state index < -0.39 is 0 Å². The third kappa shape index (κ3) is 4.67. The van der Waals surface area contributed by atoms with Crippen molar-refractivity contribution in [2.45, 2.75) is 39.0 Å². The molecule has 0 aliphatic rings. The van der Waals surface area contributed by atoms with Gasteiger partial charge in [-0.15, -0.1) is 0 Å². The molecule has 0 fully saturated rings. The lowest BCUT2D eigenvalue weighted by atomic mass is 9.96. The van der Waals surface area contributed by atoms with Gasteiger partial charge in [-0.1, -0.05) is 80.8 Å². The Hall–Kier alpha value is -3.20. The third-order valence-electron chi connectivity index (χ3n) is 6.02. The molecule has 0 radical (unpaired) electrons. The Morgan fingerprint density at radius 1 is 0.719 bits per heavy atom. The summed E-state index contributed by atoms with van der Waals surface area (Å²) in [6, 6.07) is 21.7. The lowest BCUT2D eigenvalue weighted by Crippen LogP contribution is -1.92. The highest BCUT2D eigenvalue weighted by molar-refractivity contribution is 5.89. The summed E-state index contributed by atoms with van der Waals surface area (Å²) >= 11 is 0. The first-order valence-electron chi connectivity index (χ1n) is 11.3. The molecule has 4 aromatic carbocycles. The molecule has 4 aromatic rings. The van der Waals surface area contributed by atoms with Crippen LogP contribution in [0.3, 0.4) is 0 Å². The lowest BCUT2D eigenvalue weighted by Gasteiger charge is -2.11. The van der Waals surface area contributed by atoms with Crippen molar-refractivity contribution in [3.63, 3.8) is 0 Å². The molecule has 0 aromatic heterocycles. The second-order valence-corrected chi connectivity index (χ2v) is 8.22. The van der Waals surface area contributed by atoms with Gasteiger partial charge in [-0.3, -0.25) is 0 Å². The smallest absolute Gasteiger partial charge is 0.138 e. The lowest BCUT2D eigenvalue weighted by molar-refractivity contribution is 0.415. The molecule has 0 aliphatic heterocycles. The average Bonchev–Trinajstić information content (AvgIpc) is 2.82. The average molecular weight is 431 g/mol. The van der Waals surface area contributed by atoms with Crippen LogP contribution in [0.5, 0.6) is 5.75 Å². The Kier molecular flexibility index (Phi) is 6.84. The normalized spacial score (nSPS) is 11.1. The van der Waals surface area contributed by atoms with Gasteiger partial charge < -0.3 is 4.74 Å². The van der Waals surface area contributed by atoms with Crippen molar-refractivity contribution in [3.05, 3.63) is 90.0 Å². The number of hydrogen-bond donors (Lipinski definition) is 0. The van der Waals surface area contributed by atoms with Crippen LogP contribution in [0.4, 0.5) is 8.78 Å². The maximum atomic E-state index is 15.3. The molecule has 0 bridgehead atoms. The zero-order chi connectivity index (χ0) is 22.5. The predicted molar refractivity (Wildman–Crippen MR) is 129 cm³/mol. The van der Waals surface area contributed by atoms with E-state index in [0.29, 0.717) is 27.8 Å². The Morgan fingerprint density at radius 2 is 1.47 bits per heavy atom. The molecule has 0 aliphatic carbocycles. The fourth-order valence-corrected chi connectivity index (χ4v) is 4.16. The molecular formula is C29H28F2O. The standard InChI is InChI=1S/C29H28F2O/c1-3-4-5-6-7-20-8-15-26-22(18-20)12-17-27(29(26)31)23-11-16-25(28(30)19-23)21-9-13-24(32-2)14-10-21/h8-19H,3-7H2,1-2H3. The van der Waals surface area contributed by atoms with Crippen LogP contribution >= 0.6 is 0 Å². The molecule has 0 saturated heterocycles. The van der Waals surface area contributed by atoms with Crippen LogP contribution in [0.1, 0.15) is 38.2 Å². The SMILES string of the molecule is CCCCCCc1ccc2c(F)c(-c3ccc(-c4ccc(OC)cc4)c(F)c3)ccc2c1. The van der Waals surface area contributed by atoms with E-state index in [1.165, 1.54) is 30.9 Å². The van der Waals surface area contributed by atoms with E-state index in [2.05, 4.69) is 13.0 Å². The van der Waals surface area contributed by atoms with Gasteiger partial charge >= 0.3 is 0 Å². The van der Waals surface area contributed by atoms with Crippen molar-refractivity contribution < 1.29 is 13.5 Å². The number of benzene rings is 4. The summed E-state index contributed by atoms with van der Waals surface area (Å²) < 4.78 is 35.4. The molecule has 0 heterocycles. The van der Waals surface area contributed by atoms with Crippen molar-refractivity contribution in [2.24, 2.45) is 0 Å². The van der Waals surface area contributed by atoms with E-state index >= 15 is 4.39 Å². The molecule has 32 heavy (non-hydrogen) atoms. The van der Waals surface area contributed by atoms with Crippen LogP contribution in [0.25, 0.3) is 33.0 Å². The van der Waals surface area contributed by atoms with Crippen LogP contribution < -0.4 is 4.74 Å². The summed E-state index contributed by atoms with van der Waals surface area (Å²) in [4.78, 5) is 0. The second kappa shape index (κ2) is 9.95. The number of methoxy groups -OCH3 is 1. The van der Waals surface area contributed by atoms with Gasteiger partial charge in [0.05, 0.1) is 7.11 Å². The molecular weight excluding hydrogens is 402 g/mol. The molecule has 0 amide bonds. The van der Waals surface area contributed by atoms with E-state index in [1.807, 2.05) is 30.3 Å². The number of unbranched alkanes of at least 4 members (excludes halogenated alkanes) is 3. The zero-order valence-corrected chi connectivity index (χ0v) is 18.6. The van der Waals surface area contributed by atoms with Crippen LogP contribution in [0, 0.1) is 11.6 Å². The largest absolute Gasteiger partial charge is 0.497 e. The first kappa shape index (κ1) is 22.0. The summed E-state index contributed by atoms with van der Waals surface area (Å²) in [5, 5.41) is 1.45. The van der Waals surface area contributed by atoms with Gasteiger partial charge in [0.15, 0.2) is 0 Å². The minimum absolute atomic E-state index is 0.309. The Bertz CT molecular complexity index is 1210. The number of hydrogen-bond acceptors (Lipinski definition) is 1. The van der Waals surface area contributed by atoms with Gasteiger partial charge in [-0.05, 0) is 53.1 Å². The van der Waals surface area contributed by atoms with Crippen molar-refractivity contribution in [1.82, 2.24) is 0 Å². The predicted octanol–water partition coefficient (Wildman–Crippen LogP) is 8.58. The maximum Gasteiger partial charge on any atom is 0.138 e. The third-order valence-corrected chi connectivity index (χ3v) is 6.02. The van der Waals surface area contributed by atoms with Gasteiger partial charge in [-0.25, -0.2) is 8.78 Å². The van der Waals surface area contributed by atoms with Gasteiger partial charge in [-0.2, -0.15) is 0 Å². The molecule has 1 nitrogen and oxygen atoms in total. The molecule has 4 rings (SSSR count). The summed E-state index contributed by atoms with van der Waals surface area (Å²) in [6.45, 7) is 2.20. The van der Waals surface area contributed by atoms with Crippen LogP contribution in [0.15, 0.2) is 72.8 Å². The van der Waals surface area contributed by atoms with Crippen molar-refractivity contribution in [1.29, 1.82) is 0 Å². The first-order valence-corrected chi connectivity index (χ1v) is 11.3. The molecule has 0 N–H and O–H groups in total. The zero-order valence-electron chi connectivity index (χ0n) is 18.6. The van der Waals surface area contributed by atoms with E-state index in [-0.39, 0.29) is 11.6 Å². The molecule has 164 valence electrons. The first-order chi connectivity index (χ1) is 15.6. The van der Waals surface area contributed by atoms with Crippen LogP contribution in [0.2, 0.25) is 0 Å². The highest BCUT2D eigenvalue weighted by atomic mass is 19.1. The minimum Gasteiger partial charge on any atom is -0.497 e. The second-order valence-electron chi connectivity index (χ2n) is 8.22. The van der Waals surface area contributed by atoms with Crippen LogP contribution in [-0.4, -0.2) is 7.11 Å². The highest BCUT2D eigenvalue weighted by Crippen LogP contribution is 2.33. The van der Waals surface area contributed by atoms with E-state index in [4.69, 9.17) is 4.74 Å². The van der Waals surface area contributed by atoms with Gasteiger partial charge in [0, 0.05) is 16.5 Å². The van der Waals surface area contributed by atoms with Crippen molar-refractivity contribution >= 4 is 10.8 Å². The maximum absolute atomic E-state index is 15.3. The summed E-state index contributed by atoms with van der Waals surface area (Å²) in [5.41, 5.74) is 3.40. The summed E-state index contributed by atoms with van der Waals surface area (Å²) in [7, 11) is 1.59. The number of aryl methyl sites for hydroxylation is 1. The minimum atomic E-state index is -0.380. The molecule has 0 unspecified atom stereocenters. The quantitative estimate of drug-likeness (QED) is 0.254. The Balaban J connectivity index is 1.61. The van der Waals surface area contributed by atoms with E-state index in [0.717, 1.165) is 23.8 Å². The van der Waals surface area contributed by atoms with E-state index in [1.54, 1.807) is 37.4 Å². The van der Waals surface area contributed by atoms with Crippen molar-refractivity contribution in [2.75, 3.05) is 7.11 Å². The Morgan fingerprint density at radius 3 is 2.19 bits per heavy atom. The summed E-state index contributed by atoms with van der Waals surface area (Å²) in [5.74, 6) is 0.0272. The topological polar surface area (TPSA) is 9.23 Å². The van der Waals surface area contributed by atoms with Crippen molar-refractivity contribution in [3.8, 4) is 28.0 Å². The number of fused-ring (bicyclic) bond motifs is 1. The van der Waals surface area contributed by atoms with E-state index in [9.17, 15) is 4.39 Å². The molecule has 3 heteroatoms. The summed E-state index contributed by atoms with van der Waals surface area (Å²) in [6.07, 6.45) is 5.85. The molecule has 0 spiro atoms. The van der Waals surface area contributed by atoms with Gasteiger partial charge in [0.1, 0.15) is 17.4 Å². The molecule has 0 saturated carbocycles.